The molecule has 0 saturated carbocycles. The van der Waals surface area contributed by atoms with Crippen LogP contribution in [0.5, 0.6) is 5.75 Å². The van der Waals surface area contributed by atoms with Gasteiger partial charge in [-0.1, -0.05) is 0 Å². The molecule has 3 rings (SSSR count). The van der Waals surface area contributed by atoms with E-state index in [0.717, 1.165) is 0 Å². The van der Waals surface area contributed by atoms with Crippen LogP contribution >= 0.6 is 0 Å². The molecule has 3 aromatic rings. The molecule has 0 N–H and O–H groups in total. The Morgan fingerprint density at radius 3 is 2.79 bits per heavy atom. The number of ether oxygens (including phenoxy) is 1. The van der Waals surface area contributed by atoms with Gasteiger partial charge in [0.1, 0.15) is 29.7 Å². The summed E-state index contributed by atoms with van der Waals surface area (Å²) in [5.41, 5.74) is 0.514. The summed E-state index contributed by atoms with van der Waals surface area (Å²) < 4.78 is 25.4. The van der Waals surface area contributed by atoms with Crippen molar-refractivity contribution in [1.29, 1.82) is 0 Å². The van der Waals surface area contributed by atoms with Gasteiger partial charge in [-0.3, -0.25) is 9.48 Å². The van der Waals surface area contributed by atoms with E-state index in [1.54, 1.807) is 48.3 Å². The van der Waals surface area contributed by atoms with Crippen molar-refractivity contribution >= 4 is 11.9 Å². The lowest BCUT2D eigenvalue weighted by Crippen LogP contribution is -1.93. The average molecular weight is 326 g/mol. The van der Waals surface area contributed by atoms with Crippen LogP contribution in [0.15, 0.2) is 59.3 Å². The van der Waals surface area contributed by atoms with E-state index in [9.17, 15) is 9.18 Å². The zero-order valence-electron chi connectivity index (χ0n) is 13.0. The summed E-state index contributed by atoms with van der Waals surface area (Å²) in [6.07, 6.45) is 6.19. The molecule has 0 unspecified atom stereocenters. The lowest BCUT2D eigenvalue weighted by atomic mass is 10.2. The number of benzene rings is 1. The van der Waals surface area contributed by atoms with E-state index in [0.29, 0.717) is 22.8 Å². The van der Waals surface area contributed by atoms with Crippen LogP contribution in [-0.4, -0.2) is 15.6 Å². The predicted molar refractivity (Wildman–Crippen MR) is 86.0 cm³/mol. The molecule has 2 heterocycles. The van der Waals surface area contributed by atoms with E-state index >= 15 is 0 Å². The van der Waals surface area contributed by atoms with Gasteiger partial charge < -0.3 is 9.15 Å². The number of hydrogen-bond donors (Lipinski definition) is 0. The topological polar surface area (TPSA) is 57.3 Å². The number of carbonyl (C=O) groups excluding carboxylic acids is 1. The van der Waals surface area contributed by atoms with Crippen molar-refractivity contribution in [1.82, 2.24) is 9.78 Å². The van der Waals surface area contributed by atoms with E-state index in [-0.39, 0.29) is 18.2 Å². The summed E-state index contributed by atoms with van der Waals surface area (Å²) in [5, 5.41) is 3.95. The maximum atomic E-state index is 12.8. The van der Waals surface area contributed by atoms with Crippen LogP contribution < -0.4 is 4.74 Å². The van der Waals surface area contributed by atoms with Crippen molar-refractivity contribution in [2.75, 3.05) is 0 Å². The molecular weight excluding hydrogens is 311 g/mol. The molecule has 0 aliphatic rings. The molecule has 0 radical (unpaired) electrons. The van der Waals surface area contributed by atoms with Crippen molar-refractivity contribution in [2.45, 2.75) is 6.61 Å². The SMILES string of the molecule is Cn1cc(C(=O)C=Cc2ccc(COc3ccc(F)cc3)o2)cn1. The molecule has 6 heteroatoms. The standard InChI is InChI=1S/C18H15FN2O3/c1-21-11-13(10-20-21)18(22)9-8-16-6-7-17(24-16)12-23-15-4-2-14(19)3-5-15/h2-11H,12H2,1H3. The van der Waals surface area contributed by atoms with E-state index in [1.807, 2.05) is 0 Å². The largest absolute Gasteiger partial charge is 0.486 e. The molecule has 5 nitrogen and oxygen atoms in total. The molecule has 0 fully saturated rings. The third-order valence-corrected chi connectivity index (χ3v) is 3.27. The molecule has 0 saturated heterocycles. The first-order valence-corrected chi connectivity index (χ1v) is 7.28. The van der Waals surface area contributed by atoms with E-state index in [1.165, 1.54) is 24.4 Å². The van der Waals surface area contributed by atoms with Crippen LogP contribution in [0.2, 0.25) is 0 Å². The van der Waals surface area contributed by atoms with E-state index in [4.69, 9.17) is 9.15 Å². The molecule has 0 aliphatic carbocycles. The van der Waals surface area contributed by atoms with Crippen LogP contribution in [0.3, 0.4) is 0 Å². The van der Waals surface area contributed by atoms with Crippen LogP contribution in [-0.2, 0) is 13.7 Å². The predicted octanol–water partition coefficient (Wildman–Crippen LogP) is 3.63. The van der Waals surface area contributed by atoms with Crippen molar-refractivity contribution in [3.05, 3.63) is 77.8 Å². The fourth-order valence-corrected chi connectivity index (χ4v) is 2.05. The van der Waals surface area contributed by atoms with Gasteiger partial charge in [-0.25, -0.2) is 4.39 Å². The third-order valence-electron chi connectivity index (χ3n) is 3.27. The van der Waals surface area contributed by atoms with Gasteiger partial charge in [0.05, 0.1) is 11.8 Å². The Kier molecular flexibility index (Phi) is 4.56. The second-order valence-corrected chi connectivity index (χ2v) is 5.15. The van der Waals surface area contributed by atoms with Gasteiger partial charge in [0, 0.05) is 13.2 Å². The van der Waals surface area contributed by atoms with Gasteiger partial charge in [-0.2, -0.15) is 5.10 Å². The maximum Gasteiger partial charge on any atom is 0.189 e. The van der Waals surface area contributed by atoms with Crippen molar-refractivity contribution in [3.8, 4) is 5.75 Å². The van der Waals surface area contributed by atoms with Crippen LogP contribution in [0.4, 0.5) is 4.39 Å². The molecule has 0 aliphatic heterocycles. The van der Waals surface area contributed by atoms with E-state index in [2.05, 4.69) is 5.10 Å². The van der Waals surface area contributed by atoms with Gasteiger partial charge in [0.25, 0.3) is 0 Å². The smallest absolute Gasteiger partial charge is 0.189 e. The highest BCUT2D eigenvalue weighted by Gasteiger charge is 2.05. The molecular formula is C18H15FN2O3. The molecule has 0 atom stereocenters. The molecule has 0 spiro atoms. The summed E-state index contributed by atoms with van der Waals surface area (Å²) in [4.78, 5) is 11.9. The fourth-order valence-electron chi connectivity index (χ4n) is 2.05. The number of rotatable bonds is 6. The van der Waals surface area contributed by atoms with Crippen LogP contribution in [0.25, 0.3) is 6.08 Å². The van der Waals surface area contributed by atoms with Crippen molar-refractivity contribution in [2.24, 2.45) is 7.05 Å². The first kappa shape index (κ1) is 15.7. The Hall–Kier alpha value is -3.15. The zero-order chi connectivity index (χ0) is 16.9. The second-order valence-electron chi connectivity index (χ2n) is 5.15. The van der Waals surface area contributed by atoms with Crippen molar-refractivity contribution < 1.29 is 18.3 Å². The number of halogens is 1. The Bertz CT molecular complexity index is 863. The molecule has 0 bridgehead atoms. The Labute approximate surface area is 138 Å². The number of carbonyl (C=O) groups is 1. The number of allylic oxidation sites excluding steroid dienone is 1. The lowest BCUT2D eigenvalue weighted by molar-refractivity contribution is 0.104. The number of ketones is 1. The summed E-state index contributed by atoms with van der Waals surface area (Å²) in [6, 6.07) is 9.26. The normalized spacial score (nSPS) is 11.1. The maximum absolute atomic E-state index is 12.8. The number of furan rings is 1. The minimum Gasteiger partial charge on any atom is -0.486 e. The Balaban J connectivity index is 1.58. The number of aryl methyl sites for hydroxylation is 1. The van der Waals surface area contributed by atoms with Crippen LogP contribution in [0, 0.1) is 5.82 Å². The molecule has 0 amide bonds. The highest BCUT2D eigenvalue weighted by molar-refractivity contribution is 6.06. The third kappa shape index (κ3) is 3.98. The number of hydrogen-bond acceptors (Lipinski definition) is 4. The van der Waals surface area contributed by atoms with Crippen molar-refractivity contribution in [3.63, 3.8) is 0 Å². The fraction of sp³-hybridized carbons (Fsp3) is 0.111. The summed E-state index contributed by atoms with van der Waals surface area (Å²) in [7, 11) is 1.75. The van der Waals surface area contributed by atoms with Gasteiger partial charge >= 0.3 is 0 Å². The van der Waals surface area contributed by atoms with Gasteiger partial charge in [0.2, 0.25) is 0 Å². The summed E-state index contributed by atoms with van der Waals surface area (Å²) in [5.74, 6) is 1.24. The minimum absolute atomic E-state index is 0.149. The Morgan fingerprint density at radius 1 is 1.29 bits per heavy atom. The Morgan fingerprint density at radius 2 is 2.08 bits per heavy atom. The van der Waals surface area contributed by atoms with Gasteiger partial charge in [0.15, 0.2) is 5.78 Å². The second kappa shape index (κ2) is 6.95. The lowest BCUT2D eigenvalue weighted by Gasteiger charge is -2.03. The highest BCUT2D eigenvalue weighted by atomic mass is 19.1. The minimum atomic E-state index is -0.314. The molecule has 2 aromatic heterocycles. The first-order chi connectivity index (χ1) is 11.6. The summed E-state index contributed by atoms with van der Waals surface area (Å²) in [6.45, 7) is 0.218. The molecule has 1 aromatic carbocycles. The highest BCUT2D eigenvalue weighted by Crippen LogP contribution is 2.16. The quantitative estimate of drug-likeness (QED) is 0.513. The van der Waals surface area contributed by atoms with Gasteiger partial charge in [-0.05, 0) is 48.6 Å². The summed E-state index contributed by atoms with van der Waals surface area (Å²) >= 11 is 0. The molecule has 122 valence electrons. The zero-order valence-corrected chi connectivity index (χ0v) is 13.0. The van der Waals surface area contributed by atoms with E-state index < -0.39 is 0 Å². The number of nitrogens with zero attached hydrogens (tertiary/aromatic N) is 2. The van der Waals surface area contributed by atoms with Crippen LogP contribution in [0.1, 0.15) is 21.9 Å². The average Bonchev–Trinajstić information content (AvgIpc) is 3.21. The van der Waals surface area contributed by atoms with Gasteiger partial charge in [-0.15, -0.1) is 0 Å². The first-order valence-electron chi connectivity index (χ1n) is 7.28. The monoisotopic (exact) mass is 326 g/mol. The molecule has 24 heavy (non-hydrogen) atoms. The number of aromatic nitrogens is 2.